The Morgan fingerprint density at radius 3 is 2.53 bits per heavy atom. The van der Waals surface area contributed by atoms with E-state index in [4.69, 9.17) is 15.5 Å². The molecule has 0 spiro atoms. The van der Waals surface area contributed by atoms with Crippen LogP contribution in [-0.4, -0.2) is 40.3 Å². The average Bonchev–Trinajstić information content (AvgIpc) is 3.27. The van der Waals surface area contributed by atoms with Crippen molar-refractivity contribution in [3.63, 3.8) is 0 Å². The van der Waals surface area contributed by atoms with E-state index in [0.29, 0.717) is 34.7 Å². The van der Waals surface area contributed by atoms with Gasteiger partial charge in [-0.05, 0) is 54.4 Å². The molecule has 4 rings (SSSR count). The lowest BCUT2D eigenvalue weighted by Gasteiger charge is -2.25. The smallest absolute Gasteiger partial charge is 0.311 e. The third-order valence-electron chi connectivity index (χ3n) is 6.50. The molecule has 0 saturated carbocycles. The highest BCUT2D eigenvalue weighted by Crippen LogP contribution is 2.38. The van der Waals surface area contributed by atoms with Crippen molar-refractivity contribution in [2.24, 2.45) is 0 Å². The fourth-order valence-corrected chi connectivity index (χ4v) is 4.73. The molecule has 9 heteroatoms. The number of carbonyl (C=O) groups is 2. The van der Waals surface area contributed by atoms with Gasteiger partial charge in [-0.25, -0.2) is 4.98 Å². The molecule has 194 valence electrons. The van der Waals surface area contributed by atoms with Crippen LogP contribution in [0.2, 0.25) is 0 Å². The Morgan fingerprint density at radius 2 is 1.89 bits per heavy atom. The topological polar surface area (TPSA) is 143 Å². The summed E-state index contributed by atoms with van der Waals surface area (Å²) in [5, 5.41) is 22.6. The van der Waals surface area contributed by atoms with Gasteiger partial charge >= 0.3 is 11.9 Å². The van der Waals surface area contributed by atoms with Gasteiger partial charge in [0.2, 0.25) is 0 Å². The number of nitrogens with zero attached hydrogens (tertiary/aromatic N) is 3. The minimum Gasteiger partial charge on any atom is -0.481 e. The molecule has 0 aliphatic carbocycles. The van der Waals surface area contributed by atoms with Gasteiger partial charge in [0.1, 0.15) is 5.82 Å². The number of nitrogens with two attached hydrogens (primary N) is 1. The van der Waals surface area contributed by atoms with E-state index in [0.717, 1.165) is 16.8 Å². The zero-order chi connectivity index (χ0) is 27.2. The number of carboxylic acids is 1. The molecular weight excluding hydrogens is 482 g/mol. The molecule has 4 N–H and O–H groups in total. The quantitative estimate of drug-likeness (QED) is 0.209. The third-order valence-corrected chi connectivity index (χ3v) is 6.50. The van der Waals surface area contributed by atoms with Crippen LogP contribution in [-0.2, 0) is 20.9 Å². The molecule has 0 amide bonds. The molecule has 1 heterocycles. The lowest BCUT2D eigenvalue weighted by Crippen LogP contribution is -2.26. The number of fused-ring (bicyclic) bond motifs is 1. The van der Waals surface area contributed by atoms with Crippen LogP contribution in [0.15, 0.2) is 66.7 Å². The molecule has 2 unspecified atom stereocenters. The van der Waals surface area contributed by atoms with Crippen LogP contribution < -0.4 is 11.1 Å². The van der Waals surface area contributed by atoms with Crippen LogP contribution in [0.5, 0.6) is 0 Å². The number of para-hydroxylation sites is 2. The van der Waals surface area contributed by atoms with E-state index in [-0.39, 0.29) is 13.0 Å². The Hall–Kier alpha value is -4.84. The van der Waals surface area contributed by atoms with Gasteiger partial charge < -0.3 is 25.5 Å². The van der Waals surface area contributed by atoms with Crippen molar-refractivity contribution in [3.05, 3.63) is 89.2 Å². The van der Waals surface area contributed by atoms with Crippen LogP contribution in [0, 0.1) is 11.3 Å². The number of nitrogens with one attached hydrogen (secondary N) is 1. The number of aromatic nitrogens is 2. The number of hydrogen-bond donors (Lipinski definition) is 3. The molecule has 0 aliphatic heterocycles. The molecule has 1 aromatic heterocycles. The Balaban J connectivity index is 1.89. The summed E-state index contributed by atoms with van der Waals surface area (Å²) in [5.41, 5.74) is 10.8. The number of aliphatic carboxylic acids is 1. The molecule has 0 saturated heterocycles. The molecule has 0 aliphatic rings. The molecule has 0 fully saturated rings. The normalized spacial score (nSPS) is 12.4. The van der Waals surface area contributed by atoms with Crippen LogP contribution in [0.3, 0.4) is 0 Å². The monoisotopic (exact) mass is 511 g/mol. The Bertz CT molecular complexity index is 1500. The lowest BCUT2D eigenvalue weighted by atomic mass is 9.82. The van der Waals surface area contributed by atoms with E-state index in [9.17, 15) is 20.0 Å². The van der Waals surface area contributed by atoms with Gasteiger partial charge in [-0.3, -0.25) is 9.59 Å². The van der Waals surface area contributed by atoms with E-state index >= 15 is 0 Å². The van der Waals surface area contributed by atoms with E-state index in [2.05, 4.69) is 5.32 Å². The molecule has 9 nitrogen and oxygen atoms in total. The number of imidazole rings is 1. The fraction of sp³-hybridized carbons (Fsp3) is 0.241. The number of hydrogen-bond acceptors (Lipinski definition) is 7. The maximum atomic E-state index is 12.8. The molecule has 2 atom stereocenters. The predicted octanol–water partition coefficient (Wildman–Crippen LogP) is 4.49. The van der Waals surface area contributed by atoms with Gasteiger partial charge in [0.25, 0.3) is 0 Å². The van der Waals surface area contributed by atoms with E-state index in [1.54, 1.807) is 38.2 Å². The first-order valence-corrected chi connectivity index (χ1v) is 12.3. The van der Waals surface area contributed by atoms with Crippen molar-refractivity contribution in [1.82, 2.24) is 9.55 Å². The average molecular weight is 512 g/mol. The zero-order valence-corrected chi connectivity index (χ0v) is 21.2. The molecule has 38 heavy (non-hydrogen) atoms. The summed E-state index contributed by atoms with van der Waals surface area (Å²) in [5.74, 6) is -3.13. The van der Waals surface area contributed by atoms with Crippen molar-refractivity contribution >= 4 is 34.3 Å². The van der Waals surface area contributed by atoms with Crippen molar-refractivity contribution in [1.29, 1.82) is 5.26 Å². The minimum atomic E-state index is -1.11. The first-order chi connectivity index (χ1) is 18.4. The number of nitriles is 1. The Labute approximate surface area is 220 Å². The summed E-state index contributed by atoms with van der Waals surface area (Å²) < 4.78 is 7.17. The zero-order valence-electron chi connectivity index (χ0n) is 21.2. The number of esters is 1. The van der Waals surface area contributed by atoms with Crippen molar-refractivity contribution < 1.29 is 19.4 Å². The highest BCUT2D eigenvalue weighted by molar-refractivity contribution is 5.81. The first-order valence-electron chi connectivity index (χ1n) is 12.3. The van der Waals surface area contributed by atoms with E-state index < -0.39 is 23.8 Å². The molecule has 3 aromatic carbocycles. The summed E-state index contributed by atoms with van der Waals surface area (Å²) in [7, 11) is 1.79. The Kier molecular flexibility index (Phi) is 7.92. The van der Waals surface area contributed by atoms with Crippen LogP contribution >= 0.6 is 0 Å². The second-order valence-electron chi connectivity index (χ2n) is 8.88. The van der Waals surface area contributed by atoms with Crippen molar-refractivity contribution in [2.75, 3.05) is 24.7 Å². The summed E-state index contributed by atoms with van der Waals surface area (Å²) in [6.07, 6.45) is -0.186. The second kappa shape index (κ2) is 11.5. The van der Waals surface area contributed by atoms with E-state index in [1.807, 2.05) is 53.1 Å². The largest absolute Gasteiger partial charge is 0.481 e. The Morgan fingerprint density at radius 1 is 1.16 bits per heavy atom. The highest BCUT2D eigenvalue weighted by Gasteiger charge is 2.37. The number of benzene rings is 3. The molecule has 0 radical (unpaired) electrons. The number of carbonyl (C=O) groups excluding carboxylic acids is 1. The number of carboxylic acid groups (broad SMARTS) is 1. The minimum absolute atomic E-state index is 0.174. The molecular formula is C29H29N5O4. The summed E-state index contributed by atoms with van der Waals surface area (Å²) >= 11 is 0. The van der Waals surface area contributed by atoms with Gasteiger partial charge in [0.15, 0.2) is 0 Å². The number of nitrogen functional groups attached to an aromatic ring is 1. The lowest BCUT2D eigenvalue weighted by molar-refractivity contribution is -0.144. The second-order valence-corrected chi connectivity index (χ2v) is 8.88. The predicted molar refractivity (Wildman–Crippen MR) is 145 cm³/mol. The van der Waals surface area contributed by atoms with Crippen molar-refractivity contribution in [3.8, 4) is 6.07 Å². The maximum absolute atomic E-state index is 12.8. The first kappa shape index (κ1) is 26.2. The molecule has 4 aromatic rings. The fourth-order valence-electron chi connectivity index (χ4n) is 4.73. The van der Waals surface area contributed by atoms with Crippen LogP contribution in [0.1, 0.15) is 47.7 Å². The van der Waals surface area contributed by atoms with Crippen LogP contribution in [0.25, 0.3) is 11.0 Å². The third kappa shape index (κ3) is 5.44. The van der Waals surface area contributed by atoms with E-state index in [1.165, 1.54) is 0 Å². The molecule has 0 bridgehead atoms. The van der Waals surface area contributed by atoms with Gasteiger partial charge in [0, 0.05) is 19.5 Å². The van der Waals surface area contributed by atoms with Gasteiger partial charge in [0.05, 0.1) is 53.0 Å². The highest BCUT2D eigenvalue weighted by atomic mass is 16.5. The number of rotatable bonds is 10. The van der Waals surface area contributed by atoms with Crippen molar-refractivity contribution in [2.45, 2.75) is 31.7 Å². The maximum Gasteiger partial charge on any atom is 0.311 e. The standard InChI is InChI=1S/C29H29N5O4/c1-3-38-26(35)15-21(27(29(36)37)20-11-8-18(16-30)9-12-20)28-33-24-6-4-5-7-25(24)34(28)17-19-10-13-23(32-2)22(31)14-19/h4-14,21,27,32H,3,15,17,31H2,1-2H3,(H,36,37). The van der Waals surface area contributed by atoms with Crippen LogP contribution in [0.4, 0.5) is 11.4 Å². The summed E-state index contributed by atoms with van der Waals surface area (Å²) in [4.78, 5) is 30.3. The van der Waals surface area contributed by atoms with Gasteiger partial charge in [-0.1, -0.05) is 30.3 Å². The SMILES string of the molecule is CCOC(=O)CC(c1nc2ccccc2n1Cc1ccc(NC)c(N)c1)C(C(=O)O)c1ccc(C#N)cc1. The van der Waals surface area contributed by atoms with Gasteiger partial charge in [-0.15, -0.1) is 0 Å². The number of ether oxygens (including phenoxy) is 1. The number of anilines is 2. The summed E-state index contributed by atoms with van der Waals surface area (Å²) in [6.45, 7) is 2.24. The van der Waals surface area contributed by atoms with Gasteiger partial charge in [-0.2, -0.15) is 5.26 Å². The summed E-state index contributed by atoms with van der Waals surface area (Å²) in [6, 6.07) is 21.6.